The van der Waals surface area contributed by atoms with Crippen molar-refractivity contribution in [2.75, 3.05) is 0 Å². The van der Waals surface area contributed by atoms with Crippen LogP contribution in [-0.2, 0) is 6.54 Å². The number of aryl methyl sites for hydroxylation is 1. The summed E-state index contributed by atoms with van der Waals surface area (Å²) in [4.78, 5) is 11.3. The van der Waals surface area contributed by atoms with Crippen LogP contribution in [0.15, 0.2) is 48.5 Å². The molecule has 5 heteroatoms. The van der Waals surface area contributed by atoms with Crippen LogP contribution in [0, 0.1) is 6.92 Å². The summed E-state index contributed by atoms with van der Waals surface area (Å²) in [6.07, 6.45) is 0.730. The molecule has 1 aromatic heterocycles. The van der Waals surface area contributed by atoms with Gasteiger partial charge in [-0.2, -0.15) is 0 Å². The van der Waals surface area contributed by atoms with Gasteiger partial charge in [0.15, 0.2) is 12.0 Å². The molecular formula is C17H14ClN3O. The topological polar surface area (TPSA) is 47.8 Å². The molecule has 0 aliphatic carbocycles. The predicted molar refractivity (Wildman–Crippen MR) is 86.1 cm³/mol. The molecule has 0 aliphatic heterocycles. The molecule has 0 bridgehead atoms. The second kappa shape index (κ2) is 6.12. The van der Waals surface area contributed by atoms with Gasteiger partial charge in [-0.1, -0.05) is 58.8 Å². The summed E-state index contributed by atoms with van der Waals surface area (Å²) in [5, 5.41) is 8.74. The maximum atomic E-state index is 11.3. The Labute approximate surface area is 133 Å². The highest BCUT2D eigenvalue weighted by Gasteiger charge is 2.15. The number of aromatic nitrogens is 3. The Hall–Kier alpha value is -2.46. The molecule has 0 fully saturated rings. The van der Waals surface area contributed by atoms with Gasteiger partial charge in [0.1, 0.15) is 0 Å². The zero-order valence-electron chi connectivity index (χ0n) is 12.0. The number of rotatable bonds is 4. The standard InChI is InChI=1S/C17H14ClN3O/c1-12-5-4-7-13(9-12)17-16(11-22)19-20-21(17)10-14-6-2-3-8-15(14)18/h2-9,11H,10H2,1H3. The molecule has 1 heterocycles. The van der Waals surface area contributed by atoms with Gasteiger partial charge in [0.2, 0.25) is 0 Å². The third-order valence-corrected chi connectivity index (χ3v) is 3.81. The van der Waals surface area contributed by atoms with Crippen molar-refractivity contribution >= 4 is 17.9 Å². The number of nitrogens with zero attached hydrogens (tertiary/aromatic N) is 3. The lowest BCUT2D eigenvalue weighted by molar-refractivity contribution is 0.111. The zero-order valence-corrected chi connectivity index (χ0v) is 12.8. The van der Waals surface area contributed by atoms with E-state index in [-0.39, 0.29) is 0 Å². The van der Waals surface area contributed by atoms with Gasteiger partial charge in [-0.05, 0) is 24.6 Å². The Morgan fingerprint density at radius 3 is 2.73 bits per heavy atom. The molecule has 3 rings (SSSR count). The number of carbonyl (C=O) groups excluding carboxylic acids is 1. The molecule has 110 valence electrons. The van der Waals surface area contributed by atoms with Gasteiger partial charge in [-0.3, -0.25) is 4.79 Å². The molecule has 0 saturated carbocycles. The summed E-state index contributed by atoms with van der Waals surface area (Å²) in [5.74, 6) is 0. The van der Waals surface area contributed by atoms with Crippen LogP contribution in [0.3, 0.4) is 0 Å². The Morgan fingerprint density at radius 1 is 1.18 bits per heavy atom. The van der Waals surface area contributed by atoms with Gasteiger partial charge in [-0.15, -0.1) is 5.10 Å². The molecule has 0 atom stereocenters. The van der Waals surface area contributed by atoms with Gasteiger partial charge in [0.25, 0.3) is 0 Å². The van der Waals surface area contributed by atoms with Crippen molar-refractivity contribution in [1.82, 2.24) is 15.0 Å². The minimum Gasteiger partial charge on any atom is -0.296 e. The molecular weight excluding hydrogens is 298 g/mol. The van der Waals surface area contributed by atoms with E-state index in [1.807, 2.05) is 55.5 Å². The lowest BCUT2D eigenvalue weighted by atomic mass is 10.1. The summed E-state index contributed by atoms with van der Waals surface area (Å²) in [5.41, 5.74) is 4.00. The van der Waals surface area contributed by atoms with Gasteiger partial charge in [0.05, 0.1) is 12.2 Å². The van der Waals surface area contributed by atoms with E-state index in [2.05, 4.69) is 10.3 Å². The summed E-state index contributed by atoms with van der Waals surface area (Å²) in [6.45, 7) is 2.47. The van der Waals surface area contributed by atoms with Gasteiger partial charge < -0.3 is 0 Å². The van der Waals surface area contributed by atoms with E-state index in [0.29, 0.717) is 23.0 Å². The lowest BCUT2D eigenvalue weighted by Gasteiger charge is -2.09. The Balaban J connectivity index is 2.08. The molecule has 4 nitrogen and oxygen atoms in total. The molecule has 0 aliphatic rings. The second-order valence-corrected chi connectivity index (χ2v) is 5.47. The van der Waals surface area contributed by atoms with E-state index < -0.39 is 0 Å². The fourth-order valence-corrected chi connectivity index (χ4v) is 2.59. The number of benzene rings is 2. The quantitative estimate of drug-likeness (QED) is 0.689. The average molecular weight is 312 g/mol. The molecule has 0 radical (unpaired) electrons. The molecule has 0 spiro atoms. The predicted octanol–water partition coefficient (Wildman–Crippen LogP) is 3.77. The maximum Gasteiger partial charge on any atom is 0.172 e. The Bertz CT molecular complexity index is 826. The van der Waals surface area contributed by atoms with E-state index in [0.717, 1.165) is 23.0 Å². The van der Waals surface area contributed by atoms with Crippen molar-refractivity contribution in [3.05, 3.63) is 70.4 Å². The minimum absolute atomic E-state index is 0.331. The molecule has 2 aromatic carbocycles. The van der Waals surface area contributed by atoms with Gasteiger partial charge in [0, 0.05) is 10.6 Å². The SMILES string of the molecule is Cc1cccc(-c2c(C=O)nnn2Cc2ccccc2Cl)c1. The number of carbonyl (C=O) groups is 1. The maximum absolute atomic E-state index is 11.3. The van der Waals surface area contributed by atoms with E-state index in [1.165, 1.54) is 0 Å². The third-order valence-electron chi connectivity index (χ3n) is 3.44. The van der Waals surface area contributed by atoms with E-state index in [1.54, 1.807) is 4.68 Å². The van der Waals surface area contributed by atoms with Crippen LogP contribution in [0.1, 0.15) is 21.6 Å². The number of hydrogen-bond donors (Lipinski definition) is 0. The van der Waals surface area contributed by atoms with E-state index in [9.17, 15) is 4.79 Å². The van der Waals surface area contributed by atoms with Crippen LogP contribution in [-0.4, -0.2) is 21.3 Å². The number of hydrogen-bond acceptors (Lipinski definition) is 3. The zero-order chi connectivity index (χ0) is 15.5. The van der Waals surface area contributed by atoms with E-state index in [4.69, 9.17) is 11.6 Å². The average Bonchev–Trinajstić information content (AvgIpc) is 2.92. The van der Waals surface area contributed by atoms with Crippen LogP contribution in [0.5, 0.6) is 0 Å². The van der Waals surface area contributed by atoms with E-state index >= 15 is 0 Å². The third kappa shape index (κ3) is 2.78. The molecule has 0 unspecified atom stereocenters. The highest BCUT2D eigenvalue weighted by Crippen LogP contribution is 2.24. The van der Waals surface area contributed by atoms with Crippen molar-refractivity contribution < 1.29 is 4.79 Å². The summed E-state index contributed by atoms with van der Waals surface area (Å²) < 4.78 is 1.71. The van der Waals surface area contributed by atoms with Crippen LogP contribution < -0.4 is 0 Å². The monoisotopic (exact) mass is 311 g/mol. The molecule has 0 N–H and O–H groups in total. The fourth-order valence-electron chi connectivity index (χ4n) is 2.39. The first kappa shape index (κ1) is 14.5. The lowest BCUT2D eigenvalue weighted by Crippen LogP contribution is -2.05. The van der Waals surface area contributed by atoms with Crippen molar-refractivity contribution in [3.63, 3.8) is 0 Å². The fraction of sp³-hybridized carbons (Fsp3) is 0.118. The first-order valence-electron chi connectivity index (χ1n) is 6.88. The van der Waals surface area contributed by atoms with Crippen molar-refractivity contribution in [2.24, 2.45) is 0 Å². The van der Waals surface area contributed by atoms with Crippen molar-refractivity contribution in [2.45, 2.75) is 13.5 Å². The molecule has 0 saturated heterocycles. The largest absolute Gasteiger partial charge is 0.296 e. The number of aldehydes is 1. The van der Waals surface area contributed by atoms with Crippen LogP contribution in [0.4, 0.5) is 0 Å². The minimum atomic E-state index is 0.331. The summed E-state index contributed by atoms with van der Waals surface area (Å²) >= 11 is 6.21. The molecule has 0 amide bonds. The Morgan fingerprint density at radius 2 is 2.00 bits per heavy atom. The van der Waals surface area contributed by atoms with Crippen molar-refractivity contribution in [3.8, 4) is 11.3 Å². The Kier molecular flexibility index (Phi) is 4.02. The first-order valence-corrected chi connectivity index (χ1v) is 7.26. The van der Waals surface area contributed by atoms with Gasteiger partial charge >= 0.3 is 0 Å². The number of halogens is 1. The first-order chi connectivity index (χ1) is 10.7. The summed E-state index contributed by atoms with van der Waals surface area (Å²) in [7, 11) is 0. The van der Waals surface area contributed by atoms with Gasteiger partial charge in [-0.25, -0.2) is 4.68 Å². The van der Waals surface area contributed by atoms with Crippen LogP contribution in [0.2, 0.25) is 5.02 Å². The highest BCUT2D eigenvalue weighted by molar-refractivity contribution is 6.31. The molecule has 3 aromatic rings. The normalized spacial score (nSPS) is 10.6. The second-order valence-electron chi connectivity index (χ2n) is 5.06. The molecule has 22 heavy (non-hydrogen) atoms. The highest BCUT2D eigenvalue weighted by atomic mass is 35.5. The summed E-state index contributed by atoms with van der Waals surface area (Å²) in [6, 6.07) is 15.5. The smallest absolute Gasteiger partial charge is 0.172 e. The van der Waals surface area contributed by atoms with Crippen molar-refractivity contribution in [1.29, 1.82) is 0 Å². The van der Waals surface area contributed by atoms with Crippen LogP contribution >= 0.6 is 11.6 Å². The van der Waals surface area contributed by atoms with Crippen LogP contribution in [0.25, 0.3) is 11.3 Å².